The second-order valence-electron chi connectivity index (χ2n) is 6.95. The Bertz CT molecular complexity index is 858. The van der Waals surface area contributed by atoms with E-state index in [1.54, 1.807) is 11.9 Å². The molecule has 2 aromatic rings. The van der Waals surface area contributed by atoms with E-state index in [0.717, 1.165) is 25.0 Å². The fraction of sp³-hybridized carbons (Fsp3) is 0.556. The molecule has 1 aliphatic heterocycles. The van der Waals surface area contributed by atoms with Crippen molar-refractivity contribution in [2.75, 3.05) is 33.9 Å². The average molecular weight is 358 g/mol. The lowest BCUT2D eigenvalue weighted by Gasteiger charge is -2.15. The lowest BCUT2D eigenvalue weighted by molar-refractivity contribution is -0.134. The molecule has 2 aliphatic rings. The van der Waals surface area contributed by atoms with Gasteiger partial charge in [0.25, 0.3) is 11.6 Å². The number of methoxy groups -OCH3 is 1. The number of rotatable bonds is 5. The largest absolute Gasteiger partial charge is 0.375 e. The molecule has 138 valence electrons. The zero-order valence-corrected chi connectivity index (χ0v) is 14.9. The number of amides is 2. The predicted molar refractivity (Wildman–Crippen MR) is 93.0 cm³/mol. The van der Waals surface area contributed by atoms with Crippen LogP contribution in [0.2, 0.25) is 0 Å². The van der Waals surface area contributed by atoms with Gasteiger partial charge in [-0.2, -0.15) is 0 Å². The summed E-state index contributed by atoms with van der Waals surface area (Å²) in [6, 6.07) is 1.86. The second kappa shape index (κ2) is 6.68. The van der Waals surface area contributed by atoms with Gasteiger partial charge in [0.2, 0.25) is 5.91 Å². The van der Waals surface area contributed by atoms with E-state index in [1.165, 1.54) is 7.11 Å². The first-order chi connectivity index (χ1) is 12.6. The number of hydrogen-bond acceptors (Lipinski definition) is 6. The zero-order chi connectivity index (χ0) is 18.3. The van der Waals surface area contributed by atoms with Crippen molar-refractivity contribution in [3.63, 3.8) is 0 Å². The maximum absolute atomic E-state index is 12.5. The molecule has 8 heteroatoms. The van der Waals surface area contributed by atoms with Gasteiger partial charge in [-0.25, -0.2) is 4.98 Å². The first-order valence-electron chi connectivity index (χ1n) is 8.91. The Morgan fingerprint density at radius 3 is 2.85 bits per heavy atom. The maximum atomic E-state index is 12.5. The van der Waals surface area contributed by atoms with Gasteiger partial charge in [0, 0.05) is 44.8 Å². The van der Waals surface area contributed by atoms with Gasteiger partial charge in [-0.15, -0.1) is 0 Å². The molecule has 4 rings (SSSR count). The number of ether oxygens (including phenoxy) is 1. The van der Waals surface area contributed by atoms with Crippen molar-refractivity contribution in [1.82, 2.24) is 20.4 Å². The summed E-state index contributed by atoms with van der Waals surface area (Å²) in [6.45, 7) is 1.26. The van der Waals surface area contributed by atoms with Crippen LogP contribution in [-0.4, -0.2) is 60.7 Å². The highest BCUT2D eigenvalue weighted by molar-refractivity contribution is 6.06. The molecular formula is C18H22N4O4. The molecule has 1 saturated carbocycles. The summed E-state index contributed by atoms with van der Waals surface area (Å²) in [6.07, 6.45) is 2.95. The normalized spacial score (nSPS) is 19.9. The molecule has 1 saturated heterocycles. The number of aromatic nitrogens is 2. The van der Waals surface area contributed by atoms with Gasteiger partial charge < -0.3 is 19.5 Å². The highest BCUT2D eigenvalue weighted by Gasteiger charge is 2.34. The Morgan fingerprint density at radius 1 is 1.35 bits per heavy atom. The lowest BCUT2D eigenvalue weighted by atomic mass is 9.98. The van der Waals surface area contributed by atoms with E-state index in [9.17, 15) is 9.59 Å². The van der Waals surface area contributed by atoms with E-state index in [0.29, 0.717) is 41.4 Å². The van der Waals surface area contributed by atoms with E-state index >= 15 is 0 Å². The molecule has 3 heterocycles. The highest BCUT2D eigenvalue weighted by Crippen LogP contribution is 2.41. The molecule has 0 spiro atoms. The van der Waals surface area contributed by atoms with Gasteiger partial charge in [-0.3, -0.25) is 9.59 Å². The van der Waals surface area contributed by atoms with Crippen LogP contribution in [0.5, 0.6) is 0 Å². The molecule has 0 radical (unpaired) electrons. The summed E-state index contributed by atoms with van der Waals surface area (Å²) >= 11 is 0. The quantitative estimate of drug-likeness (QED) is 0.868. The minimum atomic E-state index is -0.172. The number of fused-ring (bicyclic) bond motifs is 1. The van der Waals surface area contributed by atoms with Crippen LogP contribution in [0.3, 0.4) is 0 Å². The third-order valence-corrected chi connectivity index (χ3v) is 5.16. The summed E-state index contributed by atoms with van der Waals surface area (Å²) in [5, 5.41) is 7.59. The van der Waals surface area contributed by atoms with Gasteiger partial charge in [0.1, 0.15) is 6.61 Å². The smallest absolute Gasteiger partial charge is 0.259 e. The third-order valence-electron chi connectivity index (χ3n) is 5.16. The van der Waals surface area contributed by atoms with Crippen molar-refractivity contribution < 1.29 is 18.8 Å². The number of likely N-dealkylation sites (tertiary alicyclic amines) is 1. The van der Waals surface area contributed by atoms with E-state index in [-0.39, 0.29) is 24.3 Å². The van der Waals surface area contributed by atoms with E-state index < -0.39 is 0 Å². The molecule has 1 atom stereocenters. The molecule has 2 fully saturated rings. The SMILES string of the molecule is CNC(=O)c1cc(C2CC2)nc2onc(C3CCN(C(=O)COC)C3)c12. The van der Waals surface area contributed by atoms with Crippen LogP contribution < -0.4 is 5.32 Å². The van der Waals surface area contributed by atoms with Gasteiger partial charge in [0.05, 0.1) is 16.6 Å². The molecule has 2 aromatic heterocycles. The van der Waals surface area contributed by atoms with Crippen LogP contribution >= 0.6 is 0 Å². The molecule has 1 aliphatic carbocycles. The van der Waals surface area contributed by atoms with Crippen LogP contribution in [0.15, 0.2) is 10.6 Å². The second-order valence-corrected chi connectivity index (χ2v) is 6.95. The molecular weight excluding hydrogens is 336 g/mol. The number of pyridine rings is 1. The molecule has 8 nitrogen and oxygen atoms in total. The van der Waals surface area contributed by atoms with E-state index in [4.69, 9.17) is 9.26 Å². The molecule has 1 unspecified atom stereocenters. The summed E-state index contributed by atoms with van der Waals surface area (Å²) in [5.41, 5.74) is 2.56. The minimum Gasteiger partial charge on any atom is -0.375 e. The van der Waals surface area contributed by atoms with Crippen LogP contribution in [0.25, 0.3) is 11.1 Å². The van der Waals surface area contributed by atoms with Crippen LogP contribution in [0.1, 0.15) is 52.8 Å². The number of carbonyl (C=O) groups is 2. The van der Waals surface area contributed by atoms with Gasteiger partial charge in [0.15, 0.2) is 0 Å². The first-order valence-corrected chi connectivity index (χ1v) is 8.91. The fourth-order valence-electron chi connectivity index (χ4n) is 3.60. The standard InChI is InChI=1S/C18H22N4O4/c1-19-17(24)12-7-13(10-3-4-10)20-18-15(12)16(21-26-18)11-5-6-22(8-11)14(23)9-25-2/h7,10-11H,3-6,8-9H2,1-2H3,(H,19,24). The van der Waals surface area contributed by atoms with Crippen molar-refractivity contribution in [2.45, 2.75) is 31.1 Å². The summed E-state index contributed by atoms with van der Waals surface area (Å²) in [5.74, 6) is 0.219. The lowest BCUT2D eigenvalue weighted by Crippen LogP contribution is -2.31. The fourth-order valence-corrected chi connectivity index (χ4v) is 3.60. The Hall–Kier alpha value is -2.48. The summed E-state index contributed by atoms with van der Waals surface area (Å²) in [4.78, 5) is 30.9. The van der Waals surface area contributed by atoms with Crippen LogP contribution in [0, 0.1) is 0 Å². The average Bonchev–Trinajstić information content (AvgIpc) is 3.23. The van der Waals surface area contributed by atoms with Gasteiger partial charge >= 0.3 is 0 Å². The number of carbonyl (C=O) groups excluding carboxylic acids is 2. The topological polar surface area (TPSA) is 97.6 Å². The third kappa shape index (κ3) is 2.94. The minimum absolute atomic E-state index is 0.0223. The summed E-state index contributed by atoms with van der Waals surface area (Å²) in [7, 11) is 3.12. The van der Waals surface area contributed by atoms with Crippen molar-refractivity contribution in [1.29, 1.82) is 0 Å². The monoisotopic (exact) mass is 358 g/mol. The zero-order valence-electron chi connectivity index (χ0n) is 14.9. The van der Waals surface area contributed by atoms with E-state index in [2.05, 4.69) is 15.5 Å². The molecule has 0 bridgehead atoms. The molecule has 26 heavy (non-hydrogen) atoms. The van der Waals surface area contributed by atoms with Crippen LogP contribution in [-0.2, 0) is 9.53 Å². The predicted octanol–water partition coefficient (Wildman–Crippen LogP) is 1.42. The van der Waals surface area contributed by atoms with Gasteiger partial charge in [-0.1, -0.05) is 5.16 Å². The Kier molecular flexibility index (Phi) is 4.36. The molecule has 2 amide bonds. The Labute approximate surface area is 150 Å². The first kappa shape index (κ1) is 17.0. The van der Waals surface area contributed by atoms with Crippen LogP contribution in [0.4, 0.5) is 0 Å². The summed E-state index contributed by atoms with van der Waals surface area (Å²) < 4.78 is 10.4. The highest BCUT2D eigenvalue weighted by atomic mass is 16.5. The van der Waals surface area contributed by atoms with Gasteiger partial charge in [-0.05, 0) is 25.3 Å². The number of nitrogens with zero attached hydrogens (tertiary/aromatic N) is 3. The van der Waals surface area contributed by atoms with Crippen molar-refractivity contribution in [2.24, 2.45) is 0 Å². The molecule has 1 N–H and O–H groups in total. The Balaban J connectivity index is 1.70. The number of nitrogens with one attached hydrogen (secondary N) is 1. The Morgan fingerprint density at radius 2 is 2.15 bits per heavy atom. The van der Waals surface area contributed by atoms with Crippen molar-refractivity contribution in [3.05, 3.63) is 23.0 Å². The maximum Gasteiger partial charge on any atom is 0.259 e. The van der Waals surface area contributed by atoms with E-state index in [1.807, 2.05) is 6.07 Å². The number of hydrogen-bond donors (Lipinski definition) is 1. The van der Waals surface area contributed by atoms with Crippen molar-refractivity contribution in [3.8, 4) is 0 Å². The molecule has 0 aromatic carbocycles. The van der Waals surface area contributed by atoms with Crippen molar-refractivity contribution >= 4 is 22.9 Å².